The summed E-state index contributed by atoms with van der Waals surface area (Å²) in [6, 6.07) is 13.5. The number of benzene rings is 2. The Morgan fingerprint density at radius 2 is 1.94 bits per heavy atom. The second kappa shape index (κ2) is 11.8. The van der Waals surface area contributed by atoms with Gasteiger partial charge in [0.25, 0.3) is 5.91 Å². The van der Waals surface area contributed by atoms with Gasteiger partial charge in [0.15, 0.2) is 5.82 Å². The van der Waals surface area contributed by atoms with E-state index < -0.39 is 11.7 Å². The third kappa shape index (κ3) is 6.52. The van der Waals surface area contributed by atoms with Gasteiger partial charge in [-0.2, -0.15) is 4.98 Å². The Morgan fingerprint density at radius 1 is 1.18 bits per heavy atom. The van der Waals surface area contributed by atoms with Crippen molar-refractivity contribution in [2.45, 2.75) is 6.42 Å². The normalized spacial score (nSPS) is 10.3. The van der Waals surface area contributed by atoms with Crippen molar-refractivity contribution in [2.24, 2.45) is 0 Å². The summed E-state index contributed by atoms with van der Waals surface area (Å²) in [7, 11) is 1.43. The maximum atomic E-state index is 14.4. The van der Waals surface area contributed by atoms with E-state index in [4.69, 9.17) is 11.6 Å². The van der Waals surface area contributed by atoms with Crippen molar-refractivity contribution < 1.29 is 14.0 Å². The topological polar surface area (TPSA) is 99.3 Å². The van der Waals surface area contributed by atoms with Crippen LogP contribution in [0.4, 0.5) is 27.5 Å². The SMILES string of the molecule is C=CC(=O)N(C)c1cc(Nc2ccnc(NCCCNC(=O)c3ccccc3)n2)cc(Cl)c1F. The lowest BCUT2D eigenvalue weighted by atomic mass is 10.2. The Balaban J connectivity index is 1.56. The molecule has 0 fully saturated rings. The maximum absolute atomic E-state index is 14.4. The molecule has 0 bridgehead atoms. The van der Waals surface area contributed by atoms with Crippen molar-refractivity contribution in [3.05, 3.63) is 83.8 Å². The van der Waals surface area contributed by atoms with Gasteiger partial charge in [0.2, 0.25) is 11.9 Å². The van der Waals surface area contributed by atoms with E-state index in [2.05, 4.69) is 32.5 Å². The van der Waals surface area contributed by atoms with E-state index in [1.165, 1.54) is 19.2 Å². The summed E-state index contributed by atoms with van der Waals surface area (Å²) in [5.74, 6) is -0.483. The first-order valence-electron chi connectivity index (χ1n) is 10.5. The zero-order valence-electron chi connectivity index (χ0n) is 18.5. The molecule has 2 aromatic carbocycles. The molecule has 3 rings (SSSR count). The average Bonchev–Trinajstić information content (AvgIpc) is 2.85. The van der Waals surface area contributed by atoms with Crippen LogP contribution in [0.1, 0.15) is 16.8 Å². The number of amides is 2. The van der Waals surface area contributed by atoms with E-state index in [-0.39, 0.29) is 16.6 Å². The van der Waals surface area contributed by atoms with E-state index in [9.17, 15) is 14.0 Å². The molecule has 3 aromatic rings. The largest absolute Gasteiger partial charge is 0.354 e. The monoisotopic (exact) mass is 482 g/mol. The summed E-state index contributed by atoms with van der Waals surface area (Å²) < 4.78 is 14.4. The third-order valence-corrected chi connectivity index (χ3v) is 5.04. The highest BCUT2D eigenvalue weighted by molar-refractivity contribution is 6.31. The summed E-state index contributed by atoms with van der Waals surface area (Å²) in [6.45, 7) is 4.44. The standard InChI is InChI=1S/C24H24ClFN6O2/c1-3-21(33)32(2)19-15-17(14-18(25)22(19)26)30-20-10-13-29-24(31-20)28-12-7-11-27-23(34)16-8-5-4-6-9-16/h3-6,8-10,13-15H,1,7,11-12H2,2H3,(H,27,34)(H2,28,29,30,31). The fourth-order valence-corrected chi connectivity index (χ4v) is 3.20. The fraction of sp³-hybridized carbons (Fsp3) is 0.167. The molecule has 1 heterocycles. The lowest BCUT2D eigenvalue weighted by Crippen LogP contribution is -2.25. The number of carbonyl (C=O) groups excluding carboxylic acids is 2. The van der Waals surface area contributed by atoms with Gasteiger partial charge < -0.3 is 20.9 Å². The second-order valence-corrected chi connectivity index (χ2v) is 7.59. The third-order valence-electron chi connectivity index (χ3n) is 4.76. The smallest absolute Gasteiger partial charge is 0.251 e. The molecule has 10 heteroatoms. The molecule has 0 aliphatic rings. The first-order valence-corrected chi connectivity index (χ1v) is 10.8. The van der Waals surface area contributed by atoms with Gasteiger partial charge >= 0.3 is 0 Å². The molecule has 0 aliphatic carbocycles. The van der Waals surface area contributed by atoms with Crippen LogP contribution in [-0.2, 0) is 4.79 Å². The molecular weight excluding hydrogens is 459 g/mol. The predicted molar refractivity (Wildman–Crippen MR) is 132 cm³/mol. The zero-order chi connectivity index (χ0) is 24.5. The van der Waals surface area contributed by atoms with Crippen LogP contribution >= 0.6 is 11.6 Å². The van der Waals surface area contributed by atoms with Gasteiger partial charge in [-0.05, 0) is 42.8 Å². The van der Waals surface area contributed by atoms with Crippen LogP contribution in [0.15, 0.2) is 67.4 Å². The summed E-state index contributed by atoms with van der Waals surface area (Å²) in [5, 5.41) is 8.84. The molecule has 3 N–H and O–H groups in total. The number of hydrogen-bond acceptors (Lipinski definition) is 6. The molecule has 1 aromatic heterocycles. The molecule has 0 atom stereocenters. The van der Waals surface area contributed by atoms with E-state index in [0.29, 0.717) is 42.5 Å². The van der Waals surface area contributed by atoms with Crippen LogP contribution in [0.2, 0.25) is 5.02 Å². The van der Waals surface area contributed by atoms with Crippen LogP contribution in [-0.4, -0.2) is 41.9 Å². The number of anilines is 4. The van der Waals surface area contributed by atoms with Gasteiger partial charge in [0.05, 0.1) is 10.7 Å². The van der Waals surface area contributed by atoms with Crippen molar-refractivity contribution in [1.82, 2.24) is 15.3 Å². The fourth-order valence-electron chi connectivity index (χ4n) is 2.99. The summed E-state index contributed by atoms with van der Waals surface area (Å²) in [5.41, 5.74) is 1.06. The molecule has 0 saturated carbocycles. The Bertz CT molecular complexity index is 1180. The van der Waals surface area contributed by atoms with E-state index in [0.717, 1.165) is 11.0 Å². The number of nitrogens with one attached hydrogen (secondary N) is 3. The highest BCUT2D eigenvalue weighted by Gasteiger charge is 2.17. The van der Waals surface area contributed by atoms with Crippen LogP contribution < -0.4 is 20.9 Å². The Labute approximate surface area is 201 Å². The average molecular weight is 483 g/mol. The van der Waals surface area contributed by atoms with Gasteiger partial charge in [0.1, 0.15) is 5.82 Å². The number of likely N-dealkylation sites (N-methyl/N-ethyl adjacent to an activating group) is 1. The number of hydrogen-bond donors (Lipinski definition) is 3. The van der Waals surface area contributed by atoms with Crippen LogP contribution in [0.25, 0.3) is 0 Å². The van der Waals surface area contributed by atoms with Gasteiger partial charge in [-0.15, -0.1) is 0 Å². The molecule has 0 radical (unpaired) electrons. The quantitative estimate of drug-likeness (QED) is 0.293. The van der Waals surface area contributed by atoms with Crippen molar-refractivity contribution in [1.29, 1.82) is 0 Å². The minimum Gasteiger partial charge on any atom is -0.354 e. The van der Waals surface area contributed by atoms with Crippen molar-refractivity contribution in [3.8, 4) is 0 Å². The molecule has 0 spiro atoms. The summed E-state index contributed by atoms with van der Waals surface area (Å²) in [4.78, 5) is 33.6. The summed E-state index contributed by atoms with van der Waals surface area (Å²) in [6.07, 6.45) is 3.32. The Hall–Kier alpha value is -3.98. The van der Waals surface area contributed by atoms with Crippen molar-refractivity contribution in [2.75, 3.05) is 35.7 Å². The highest BCUT2D eigenvalue weighted by atomic mass is 35.5. The highest BCUT2D eigenvalue weighted by Crippen LogP contribution is 2.31. The Kier molecular flexibility index (Phi) is 8.53. The number of aromatic nitrogens is 2. The van der Waals surface area contributed by atoms with Crippen molar-refractivity contribution in [3.63, 3.8) is 0 Å². The molecule has 176 valence electrons. The van der Waals surface area contributed by atoms with E-state index in [1.54, 1.807) is 24.4 Å². The van der Waals surface area contributed by atoms with Crippen molar-refractivity contribution >= 4 is 46.6 Å². The predicted octanol–water partition coefficient (Wildman–Crippen LogP) is 4.39. The minimum absolute atomic E-state index is 0.00449. The van der Waals surface area contributed by atoms with Gasteiger partial charge in [-0.25, -0.2) is 9.37 Å². The molecule has 0 unspecified atom stereocenters. The van der Waals surface area contributed by atoms with Gasteiger partial charge in [-0.1, -0.05) is 36.4 Å². The van der Waals surface area contributed by atoms with Gasteiger partial charge in [0, 0.05) is 37.6 Å². The number of carbonyl (C=O) groups is 2. The Morgan fingerprint density at radius 3 is 2.68 bits per heavy atom. The van der Waals surface area contributed by atoms with E-state index in [1.807, 2.05) is 18.2 Å². The number of nitrogens with zero attached hydrogens (tertiary/aromatic N) is 3. The maximum Gasteiger partial charge on any atom is 0.251 e. The lowest BCUT2D eigenvalue weighted by molar-refractivity contribution is -0.113. The summed E-state index contributed by atoms with van der Waals surface area (Å²) >= 11 is 6.01. The molecule has 8 nitrogen and oxygen atoms in total. The second-order valence-electron chi connectivity index (χ2n) is 7.19. The first kappa shape index (κ1) is 24.7. The number of rotatable bonds is 10. The minimum atomic E-state index is -0.714. The van der Waals surface area contributed by atoms with E-state index >= 15 is 0 Å². The zero-order valence-corrected chi connectivity index (χ0v) is 19.3. The lowest BCUT2D eigenvalue weighted by Gasteiger charge is -2.18. The van der Waals surface area contributed by atoms with Crippen LogP contribution in [0.3, 0.4) is 0 Å². The van der Waals surface area contributed by atoms with Gasteiger partial charge in [-0.3, -0.25) is 9.59 Å². The molecule has 2 amide bonds. The molecule has 0 saturated heterocycles. The van der Waals surface area contributed by atoms with Crippen LogP contribution in [0, 0.1) is 5.82 Å². The number of halogens is 2. The molecule has 0 aliphatic heterocycles. The first-order chi connectivity index (χ1) is 16.4. The molecule has 34 heavy (non-hydrogen) atoms. The molecular formula is C24H24ClFN6O2. The van der Waals surface area contributed by atoms with Crippen LogP contribution in [0.5, 0.6) is 0 Å².